The number of halogens is 1. The van der Waals surface area contributed by atoms with E-state index >= 15 is 0 Å². The van der Waals surface area contributed by atoms with Gasteiger partial charge in [-0.1, -0.05) is 0 Å². The van der Waals surface area contributed by atoms with Crippen LogP contribution in [0.5, 0.6) is 0 Å². The van der Waals surface area contributed by atoms with E-state index in [0.29, 0.717) is 0 Å². The topological polar surface area (TPSA) is 63.0 Å². The van der Waals surface area contributed by atoms with Crippen molar-refractivity contribution < 1.29 is 53.6 Å². The molecule has 5 heavy (non-hydrogen) atoms. The van der Waals surface area contributed by atoms with Crippen molar-refractivity contribution in [3.8, 4) is 0 Å². The summed E-state index contributed by atoms with van der Waals surface area (Å²) in [6.45, 7) is 0. The SMILES string of the molecule is Cl.O.O.[Au].[H-].[Li+]. The summed E-state index contributed by atoms with van der Waals surface area (Å²) in [5, 5.41) is 0. The van der Waals surface area contributed by atoms with Crippen molar-refractivity contribution >= 4 is 12.4 Å². The summed E-state index contributed by atoms with van der Waals surface area (Å²) in [6, 6.07) is 0. The Balaban J connectivity index is 0. The minimum Gasteiger partial charge on any atom is -1.00 e. The van der Waals surface area contributed by atoms with Gasteiger partial charge < -0.3 is 12.4 Å². The maximum atomic E-state index is 0. The van der Waals surface area contributed by atoms with Crippen LogP contribution in [-0.4, -0.2) is 11.0 Å². The molecule has 0 aliphatic heterocycles. The van der Waals surface area contributed by atoms with Crippen LogP contribution in [0.1, 0.15) is 1.43 Å². The molecule has 0 saturated carbocycles. The summed E-state index contributed by atoms with van der Waals surface area (Å²) in [6.07, 6.45) is 0. The van der Waals surface area contributed by atoms with Crippen LogP contribution >= 0.6 is 12.4 Å². The normalized spacial score (nSPS) is 0. The molecule has 0 atom stereocenters. The third-order valence-electron chi connectivity index (χ3n) is 0. The second-order valence-corrected chi connectivity index (χ2v) is 0. The molecule has 0 aromatic rings. The molecule has 0 amide bonds. The molecule has 0 aromatic carbocycles. The molecule has 0 aliphatic carbocycles. The van der Waals surface area contributed by atoms with Gasteiger partial charge in [0.1, 0.15) is 0 Å². The van der Waals surface area contributed by atoms with Crippen LogP contribution in [0.4, 0.5) is 0 Å². The monoisotopic (exact) mass is 277 g/mol. The van der Waals surface area contributed by atoms with Gasteiger partial charge >= 0.3 is 18.9 Å². The zero-order valence-electron chi connectivity index (χ0n) is 3.71. The predicted molar refractivity (Wildman–Crippen MR) is 15.6 cm³/mol. The molecule has 0 aromatic heterocycles. The van der Waals surface area contributed by atoms with Crippen molar-refractivity contribution in [1.82, 2.24) is 0 Å². The van der Waals surface area contributed by atoms with E-state index in [-0.39, 0.29) is 66.0 Å². The van der Waals surface area contributed by atoms with Gasteiger partial charge in [-0.2, -0.15) is 0 Å². The molecule has 5 heteroatoms. The van der Waals surface area contributed by atoms with Crippen LogP contribution in [0.2, 0.25) is 0 Å². The van der Waals surface area contributed by atoms with E-state index in [0.717, 1.165) is 0 Å². The van der Waals surface area contributed by atoms with Gasteiger partial charge in [-0.25, -0.2) is 0 Å². The van der Waals surface area contributed by atoms with Crippen molar-refractivity contribution in [2.45, 2.75) is 0 Å². The van der Waals surface area contributed by atoms with Gasteiger partial charge in [0.25, 0.3) is 0 Å². The van der Waals surface area contributed by atoms with Gasteiger partial charge in [-0.3, -0.25) is 0 Å². The van der Waals surface area contributed by atoms with E-state index in [1.54, 1.807) is 0 Å². The molecule has 4 N–H and O–H groups in total. The van der Waals surface area contributed by atoms with Crippen molar-refractivity contribution in [1.29, 1.82) is 0 Å². The molecular formula is H6AuClLiO2. The summed E-state index contributed by atoms with van der Waals surface area (Å²) in [4.78, 5) is 0. The first-order valence-electron chi connectivity index (χ1n) is 0. The number of hydrogen-bond donors (Lipinski definition) is 0. The Morgan fingerprint density at radius 3 is 1.00 bits per heavy atom. The maximum Gasteiger partial charge on any atom is 1.00 e. The second kappa shape index (κ2) is 47.9. The van der Waals surface area contributed by atoms with E-state index in [1.807, 2.05) is 0 Å². The molecule has 0 bridgehead atoms. The molecule has 2 nitrogen and oxygen atoms in total. The fourth-order valence-corrected chi connectivity index (χ4v) is 0. The average molecular weight is 277 g/mol. The Morgan fingerprint density at radius 1 is 1.00 bits per heavy atom. The first kappa shape index (κ1) is 84.1. The molecule has 0 saturated heterocycles. The van der Waals surface area contributed by atoms with Crippen LogP contribution in [0.3, 0.4) is 0 Å². The quantitative estimate of drug-likeness (QED) is 0.404. The van der Waals surface area contributed by atoms with Gasteiger partial charge in [0.2, 0.25) is 0 Å². The van der Waals surface area contributed by atoms with Crippen molar-refractivity contribution in [2.24, 2.45) is 0 Å². The van der Waals surface area contributed by atoms with Crippen LogP contribution in [0.25, 0.3) is 0 Å². The molecule has 0 aliphatic rings. The molecule has 0 unspecified atom stereocenters. The Labute approximate surface area is 65.9 Å². The fourth-order valence-electron chi connectivity index (χ4n) is 0. The predicted octanol–water partition coefficient (Wildman–Crippen LogP) is -4.11. The van der Waals surface area contributed by atoms with E-state index < -0.39 is 0 Å². The molecular weight excluding hydrogens is 271 g/mol. The minimum absolute atomic E-state index is 0. The second-order valence-electron chi connectivity index (χ2n) is 0. The zero-order chi connectivity index (χ0) is 0. The number of hydrogen-bond acceptors (Lipinski definition) is 0. The van der Waals surface area contributed by atoms with Crippen molar-refractivity contribution in [3.05, 3.63) is 0 Å². The summed E-state index contributed by atoms with van der Waals surface area (Å²) < 4.78 is 0. The molecule has 1 radical (unpaired) electrons. The molecule has 37 valence electrons. The van der Waals surface area contributed by atoms with Crippen molar-refractivity contribution in [2.75, 3.05) is 0 Å². The maximum absolute atomic E-state index is 0. The fraction of sp³-hybridized carbons (Fsp3) is 0. The van der Waals surface area contributed by atoms with Gasteiger partial charge in [-0.15, -0.1) is 12.4 Å². The zero-order valence-corrected chi connectivity index (χ0v) is 5.69. The van der Waals surface area contributed by atoms with E-state index in [4.69, 9.17) is 0 Å². The number of rotatable bonds is 0. The van der Waals surface area contributed by atoms with Gasteiger partial charge in [-0.05, 0) is 0 Å². The molecule has 0 fully saturated rings. The largest absolute Gasteiger partial charge is 1.00 e. The summed E-state index contributed by atoms with van der Waals surface area (Å²) in [5.74, 6) is 0. The van der Waals surface area contributed by atoms with Crippen LogP contribution in [0.15, 0.2) is 0 Å². The molecule has 0 spiro atoms. The minimum atomic E-state index is 0. The summed E-state index contributed by atoms with van der Waals surface area (Å²) in [7, 11) is 0. The average Bonchev–Trinajstić information content (AvgIpc) is 0. The Hall–Kier alpha value is 1.55. The standard InChI is InChI=1S/Au.ClH.Li.2H2O.H/h;1H;;2*1H2;/q;;+1;;;-1. The first-order chi connectivity index (χ1) is 0. The van der Waals surface area contributed by atoms with Crippen LogP contribution in [0, 0.1) is 0 Å². The van der Waals surface area contributed by atoms with Crippen molar-refractivity contribution in [3.63, 3.8) is 0 Å². The van der Waals surface area contributed by atoms with Crippen LogP contribution in [-0.2, 0) is 22.4 Å². The summed E-state index contributed by atoms with van der Waals surface area (Å²) in [5.41, 5.74) is 0. The third-order valence-corrected chi connectivity index (χ3v) is 0. The summed E-state index contributed by atoms with van der Waals surface area (Å²) >= 11 is 0. The van der Waals surface area contributed by atoms with Crippen LogP contribution < -0.4 is 18.9 Å². The molecule has 0 rings (SSSR count). The Morgan fingerprint density at radius 2 is 1.00 bits per heavy atom. The van der Waals surface area contributed by atoms with Gasteiger partial charge in [0.05, 0.1) is 0 Å². The van der Waals surface area contributed by atoms with Gasteiger partial charge in [0, 0.05) is 22.4 Å². The van der Waals surface area contributed by atoms with E-state index in [1.165, 1.54) is 0 Å². The van der Waals surface area contributed by atoms with E-state index in [9.17, 15) is 0 Å². The Kier molecular flexibility index (Phi) is 806. The smallest absolute Gasteiger partial charge is 1.00 e. The first-order valence-corrected chi connectivity index (χ1v) is 0. The third kappa shape index (κ3) is 29.2. The van der Waals surface area contributed by atoms with Gasteiger partial charge in [0.15, 0.2) is 0 Å². The van der Waals surface area contributed by atoms with E-state index in [2.05, 4.69) is 0 Å². The Bertz CT molecular complexity index is 13.5. The molecule has 0 heterocycles.